The van der Waals surface area contributed by atoms with Crippen LogP contribution in [0, 0.1) is 0 Å². The maximum atomic E-state index is 12.1. The molecule has 5 nitrogen and oxygen atoms in total. The van der Waals surface area contributed by atoms with Crippen LogP contribution >= 0.6 is 0 Å². The van der Waals surface area contributed by atoms with Gasteiger partial charge in [-0.3, -0.25) is 4.90 Å². The van der Waals surface area contributed by atoms with E-state index in [0.29, 0.717) is 13.1 Å². The molecule has 1 aromatic rings. The fraction of sp³-hybridized carbons (Fsp3) is 0.526. The van der Waals surface area contributed by atoms with Gasteiger partial charge in [0.25, 0.3) is 0 Å². The van der Waals surface area contributed by atoms with Gasteiger partial charge in [0.05, 0.1) is 6.61 Å². The van der Waals surface area contributed by atoms with Crippen LogP contribution in [-0.4, -0.2) is 59.4 Å². The van der Waals surface area contributed by atoms with Gasteiger partial charge in [-0.05, 0) is 31.9 Å². The number of aliphatic hydroxyl groups excluding tert-OH is 1. The molecule has 0 bridgehead atoms. The number of carbonyl (C=O) groups is 1. The molecule has 1 N–H and O–H groups in total. The molecule has 0 atom stereocenters. The molecule has 0 aliphatic carbocycles. The normalized spacial score (nSPS) is 16.6. The molecular weight excluding hydrogens is 304 g/mol. The highest BCUT2D eigenvalue weighted by Crippen LogP contribution is 2.14. The fourth-order valence-corrected chi connectivity index (χ4v) is 2.60. The van der Waals surface area contributed by atoms with Crippen molar-refractivity contribution in [2.75, 3.05) is 32.8 Å². The molecular formula is C19H28N2O3. The third-order valence-electron chi connectivity index (χ3n) is 3.83. The van der Waals surface area contributed by atoms with Crippen LogP contribution in [0.15, 0.2) is 30.3 Å². The molecule has 5 heteroatoms. The predicted octanol–water partition coefficient (Wildman–Crippen LogP) is 2.74. The van der Waals surface area contributed by atoms with Gasteiger partial charge in [-0.25, -0.2) is 4.79 Å². The van der Waals surface area contributed by atoms with E-state index in [-0.39, 0.29) is 12.7 Å². The first kappa shape index (κ1) is 18.5. The standard InChI is InChI=1S/C19H28N2O3/c1-19(2,3)24-18(23)21-12-10-20(11-13-21)15-17-8-6-16(7-9-17)5-4-14-22/h4-9,22H,10-15H2,1-3H3. The third-order valence-corrected chi connectivity index (χ3v) is 3.83. The molecule has 1 amide bonds. The number of aliphatic hydroxyl groups is 1. The van der Waals surface area contributed by atoms with E-state index < -0.39 is 5.60 Å². The summed E-state index contributed by atoms with van der Waals surface area (Å²) in [4.78, 5) is 16.2. The molecule has 1 aliphatic heterocycles. The van der Waals surface area contributed by atoms with Gasteiger partial charge in [-0.15, -0.1) is 0 Å². The highest BCUT2D eigenvalue weighted by atomic mass is 16.6. The van der Waals surface area contributed by atoms with Gasteiger partial charge in [-0.1, -0.05) is 36.4 Å². The summed E-state index contributed by atoms with van der Waals surface area (Å²) >= 11 is 0. The summed E-state index contributed by atoms with van der Waals surface area (Å²) in [5.41, 5.74) is 1.89. The largest absolute Gasteiger partial charge is 0.444 e. The lowest BCUT2D eigenvalue weighted by atomic mass is 10.1. The number of rotatable bonds is 4. The van der Waals surface area contributed by atoms with Gasteiger partial charge < -0.3 is 14.7 Å². The van der Waals surface area contributed by atoms with Crippen molar-refractivity contribution in [3.63, 3.8) is 0 Å². The Morgan fingerprint density at radius 3 is 2.33 bits per heavy atom. The van der Waals surface area contributed by atoms with Crippen molar-refractivity contribution < 1.29 is 14.6 Å². The Kier molecular flexibility index (Phi) is 6.40. The van der Waals surface area contributed by atoms with Crippen molar-refractivity contribution in [1.82, 2.24) is 9.80 Å². The number of benzene rings is 1. The summed E-state index contributed by atoms with van der Waals surface area (Å²) in [5, 5.41) is 8.79. The van der Waals surface area contributed by atoms with Crippen LogP contribution < -0.4 is 0 Å². The fourth-order valence-electron chi connectivity index (χ4n) is 2.60. The van der Waals surface area contributed by atoms with Gasteiger partial charge in [0.1, 0.15) is 5.60 Å². The maximum Gasteiger partial charge on any atom is 0.410 e. The Labute approximate surface area is 144 Å². The SMILES string of the molecule is CC(C)(C)OC(=O)N1CCN(Cc2ccc(C=CCO)cc2)CC1. The van der Waals surface area contributed by atoms with Gasteiger partial charge in [0, 0.05) is 32.7 Å². The minimum Gasteiger partial charge on any atom is -0.444 e. The minimum atomic E-state index is -0.444. The van der Waals surface area contributed by atoms with E-state index in [9.17, 15) is 4.79 Å². The summed E-state index contributed by atoms with van der Waals surface area (Å²) in [6.45, 7) is 9.72. The van der Waals surface area contributed by atoms with E-state index in [0.717, 1.165) is 25.2 Å². The Morgan fingerprint density at radius 2 is 1.79 bits per heavy atom. The Hall–Kier alpha value is -1.85. The van der Waals surface area contributed by atoms with Crippen LogP contribution in [0.4, 0.5) is 4.79 Å². The van der Waals surface area contributed by atoms with E-state index in [4.69, 9.17) is 9.84 Å². The van der Waals surface area contributed by atoms with E-state index in [1.54, 1.807) is 11.0 Å². The van der Waals surface area contributed by atoms with E-state index in [1.807, 2.05) is 26.8 Å². The third kappa shape index (κ3) is 5.98. The number of piperazine rings is 1. The van der Waals surface area contributed by atoms with Crippen molar-refractivity contribution in [3.05, 3.63) is 41.5 Å². The zero-order chi connectivity index (χ0) is 17.6. The van der Waals surface area contributed by atoms with Crippen LogP contribution in [0.25, 0.3) is 6.08 Å². The quantitative estimate of drug-likeness (QED) is 0.921. The van der Waals surface area contributed by atoms with Gasteiger partial charge >= 0.3 is 6.09 Å². The lowest BCUT2D eigenvalue weighted by Crippen LogP contribution is -2.49. The number of hydrogen-bond donors (Lipinski definition) is 1. The molecule has 1 aromatic carbocycles. The summed E-state index contributed by atoms with van der Waals surface area (Å²) < 4.78 is 5.42. The van der Waals surface area contributed by atoms with Gasteiger partial charge in [0.15, 0.2) is 0 Å². The smallest absolute Gasteiger partial charge is 0.410 e. The summed E-state index contributed by atoms with van der Waals surface area (Å²) in [5.74, 6) is 0. The first-order valence-corrected chi connectivity index (χ1v) is 8.44. The van der Waals surface area contributed by atoms with Crippen molar-refractivity contribution in [2.45, 2.75) is 32.9 Å². The van der Waals surface area contributed by atoms with E-state index in [1.165, 1.54) is 5.56 Å². The predicted molar refractivity (Wildman–Crippen MR) is 95.6 cm³/mol. The van der Waals surface area contributed by atoms with Gasteiger partial charge in [0.2, 0.25) is 0 Å². The summed E-state index contributed by atoms with van der Waals surface area (Å²) in [6, 6.07) is 8.32. The number of amides is 1. The first-order valence-electron chi connectivity index (χ1n) is 8.44. The topological polar surface area (TPSA) is 53.0 Å². The van der Waals surface area contributed by atoms with Crippen LogP contribution in [0.1, 0.15) is 31.9 Å². The lowest BCUT2D eigenvalue weighted by molar-refractivity contribution is 0.0139. The molecule has 0 radical (unpaired) electrons. The van der Waals surface area contributed by atoms with E-state index in [2.05, 4.69) is 29.2 Å². The Morgan fingerprint density at radius 1 is 1.17 bits per heavy atom. The highest BCUT2D eigenvalue weighted by Gasteiger charge is 2.25. The summed E-state index contributed by atoms with van der Waals surface area (Å²) in [6.07, 6.45) is 3.41. The molecule has 1 aliphatic rings. The molecule has 0 unspecified atom stereocenters. The molecule has 1 fully saturated rings. The average molecular weight is 332 g/mol. The molecule has 2 rings (SSSR count). The van der Waals surface area contributed by atoms with Crippen molar-refractivity contribution in [3.8, 4) is 0 Å². The van der Waals surface area contributed by atoms with Crippen LogP contribution in [0.5, 0.6) is 0 Å². The Bertz CT molecular complexity index is 553. The number of ether oxygens (including phenoxy) is 1. The molecule has 0 saturated carbocycles. The molecule has 132 valence electrons. The number of hydrogen-bond acceptors (Lipinski definition) is 4. The number of nitrogens with zero attached hydrogens (tertiary/aromatic N) is 2. The van der Waals surface area contributed by atoms with Crippen molar-refractivity contribution >= 4 is 12.2 Å². The molecule has 1 heterocycles. The summed E-state index contributed by atoms with van der Waals surface area (Å²) in [7, 11) is 0. The molecule has 1 saturated heterocycles. The zero-order valence-electron chi connectivity index (χ0n) is 14.9. The second kappa shape index (κ2) is 8.31. The molecule has 0 spiro atoms. The highest BCUT2D eigenvalue weighted by molar-refractivity contribution is 5.68. The average Bonchev–Trinajstić information content (AvgIpc) is 2.53. The van der Waals surface area contributed by atoms with Crippen LogP contribution in [0.3, 0.4) is 0 Å². The second-order valence-corrected chi connectivity index (χ2v) is 7.07. The maximum absolute atomic E-state index is 12.1. The molecule has 0 aromatic heterocycles. The van der Waals surface area contributed by atoms with E-state index >= 15 is 0 Å². The zero-order valence-corrected chi connectivity index (χ0v) is 14.9. The number of carbonyl (C=O) groups excluding carboxylic acids is 1. The van der Waals surface area contributed by atoms with Crippen LogP contribution in [0.2, 0.25) is 0 Å². The first-order chi connectivity index (χ1) is 11.4. The van der Waals surface area contributed by atoms with Crippen molar-refractivity contribution in [1.29, 1.82) is 0 Å². The second-order valence-electron chi connectivity index (χ2n) is 7.07. The van der Waals surface area contributed by atoms with Crippen LogP contribution in [-0.2, 0) is 11.3 Å². The Balaban J connectivity index is 1.80. The molecule has 24 heavy (non-hydrogen) atoms. The monoisotopic (exact) mass is 332 g/mol. The minimum absolute atomic E-state index is 0.0592. The van der Waals surface area contributed by atoms with Gasteiger partial charge in [-0.2, -0.15) is 0 Å². The van der Waals surface area contributed by atoms with Crippen molar-refractivity contribution in [2.24, 2.45) is 0 Å². The lowest BCUT2D eigenvalue weighted by Gasteiger charge is -2.35.